The molecule has 1 N–H and O–H groups in total. The second-order valence-corrected chi connectivity index (χ2v) is 4.57. The van der Waals surface area contributed by atoms with E-state index < -0.39 is 0 Å². The predicted molar refractivity (Wildman–Crippen MR) is 76.9 cm³/mol. The van der Waals surface area contributed by atoms with E-state index in [2.05, 4.69) is 31.3 Å². The van der Waals surface area contributed by atoms with Gasteiger partial charge in [0.25, 0.3) is 0 Å². The van der Waals surface area contributed by atoms with E-state index in [1.807, 2.05) is 0 Å². The Morgan fingerprint density at radius 3 is 2.16 bits per heavy atom. The molecule has 1 rings (SSSR count). The van der Waals surface area contributed by atoms with E-state index in [1.54, 1.807) is 14.2 Å². The second kappa shape index (κ2) is 8.91. The quantitative estimate of drug-likeness (QED) is 0.695. The van der Waals surface area contributed by atoms with Crippen LogP contribution in [-0.4, -0.2) is 40.6 Å². The average molecular weight is 267 g/mol. The molecule has 0 saturated carbocycles. The number of ether oxygens (including phenoxy) is 3. The number of methoxy groups -OCH3 is 2. The molecule has 0 aromatic heterocycles. The molecule has 0 aliphatic rings. The molecule has 108 valence electrons. The standard InChI is InChI=1S/C15H25NO3/c1-12-9-14(11-16-5-6-17-3)10-13(2)15(12)19-8-7-18-4/h9-10,16H,5-8,11H2,1-4H3. The predicted octanol–water partition coefficient (Wildman–Crippen LogP) is 2.06. The summed E-state index contributed by atoms with van der Waals surface area (Å²) < 4.78 is 15.7. The van der Waals surface area contributed by atoms with Crippen LogP contribution < -0.4 is 10.1 Å². The number of hydrogen-bond acceptors (Lipinski definition) is 4. The van der Waals surface area contributed by atoms with Gasteiger partial charge < -0.3 is 19.5 Å². The molecular weight excluding hydrogens is 242 g/mol. The van der Waals surface area contributed by atoms with Gasteiger partial charge in [-0.05, 0) is 30.5 Å². The first-order valence-electron chi connectivity index (χ1n) is 6.60. The van der Waals surface area contributed by atoms with Gasteiger partial charge in [0.2, 0.25) is 0 Å². The molecule has 0 unspecified atom stereocenters. The molecule has 0 radical (unpaired) electrons. The van der Waals surface area contributed by atoms with Crippen molar-refractivity contribution in [2.75, 3.05) is 40.6 Å². The lowest BCUT2D eigenvalue weighted by molar-refractivity contribution is 0.145. The molecule has 0 amide bonds. The SMILES string of the molecule is COCCNCc1cc(C)c(OCCOC)c(C)c1. The Morgan fingerprint density at radius 1 is 0.947 bits per heavy atom. The zero-order chi connectivity index (χ0) is 14.1. The molecular formula is C15H25NO3. The Labute approximate surface area is 116 Å². The molecule has 0 heterocycles. The van der Waals surface area contributed by atoms with Crippen LogP contribution in [0.3, 0.4) is 0 Å². The minimum atomic E-state index is 0.587. The average Bonchev–Trinajstić information content (AvgIpc) is 2.38. The number of hydrogen-bond donors (Lipinski definition) is 1. The Morgan fingerprint density at radius 2 is 1.58 bits per heavy atom. The Bertz CT molecular complexity index is 357. The van der Waals surface area contributed by atoms with Gasteiger partial charge in [-0.2, -0.15) is 0 Å². The lowest BCUT2D eigenvalue weighted by atomic mass is 10.1. The molecule has 0 spiro atoms. The summed E-state index contributed by atoms with van der Waals surface area (Å²) >= 11 is 0. The third-order valence-electron chi connectivity index (χ3n) is 2.87. The highest BCUT2D eigenvalue weighted by Gasteiger charge is 2.06. The first-order chi connectivity index (χ1) is 9.19. The fraction of sp³-hybridized carbons (Fsp3) is 0.600. The van der Waals surface area contributed by atoms with Gasteiger partial charge in [0.1, 0.15) is 12.4 Å². The lowest BCUT2D eigenvalue weighted by Crippen LogP contribution is -2.18. The van der Waals surface area contributed by atoms with E-state index >= 15 is 0 Å². The minimum Gasteiger partial charge on any atom is -0.491 e. The molecule has 0 saturated heterocycles. The third kappa shape index (κ3) is 5.59. The number of benzene rings is 1. The van der Waals surface area contributed by atoms with Crippen molar-refractivity contribution in [3.8, 4) is 5.75 Å². The maximum atomic E-state index is 5.74. The maximum absolute atomic E-state index is 5.74. The van der Waals surface area contributed by atoms with E-state index in [-0.39, 0.29) is 0 Å². The highest BCUT2D eigenvalue weighted by molar-refractivity contribution is 5.43. The van der Waals surface area contributed by atoms with Crippen LogP contribution in [0.2, 0.25) is 0 Å². The highest BCUT2D eigenvalue weighted by atomic mass is 16.5. The molecule has 1 aromatic rings. The van der Waals surface area contributed by atoms with Gasteiger partial charge in [-0.25, -0.2) is 0 Å². The van der Waals surface area contributed by atoms with Gasteiger partial charge in [-0.15, -0.1) is 0 Å². The first-order valence-corrected chi connectivity index (χ1v) is 6.60. The Balaban J connectivity index is 2.57. The summed E-state index contributed by atoms with van der Waals surface area (Å²) in [6.07, 6.45) is 0. The monoisotopic (exact) mass is 267 g/mol. The van der Waals surface area contributed by atoms with Crippen molar-refractivity contribution in [3.63, 3.8) is 0 Å². The molecule has 0 atom stereocenters. The van der Waals surface area contributed by atoms with Gasteiger partial charge in [-0.1, -0.05) is 12.1 Å². The van der Waals surface area contributed by atoms with E-state index in [0.717, 1.165) is 25.4 Å². The van der Waals surface area contributed by atoms with Gasteiger partial charge in [-0.3, -0.25) is 0 Å². The van der Waals surface area contributed by atoms with Crippen molar-refractivity contribution < 1.29 is 14.2 Å². The van der Waals surface area contributed by atoms with E-state index in [1.165, 1.54) is 16.7 Å². The van der Waals surface area contributed by atoms with Crippen molar-refractivity contribution in [2.24, 2.45) is 0 Å². The minimum absolute atomic E-state index is 0.587. The highest BCUT2D eigenvalue weighted by Crippen LogP contribution is 2.24. The van der Waals surface area contributed by atoms with Crippen molar-refractivity contribution >= 4 is 0 Å². The van der Waals surface area contributed by atoms with Crippen molar-refractivity contribution in [1.29, 1.82) is 0 Å². The topological polar surface area (TPSA) is 39.7 Å². The third-order valence-corrected chi connectivity index (χ3v) is 2.87. The zero-order valence-electron chi connectivity index (χ0n) is 12.4. The fourth-order valence-electron chi connectivity index (χ4n) is 2.00. The molecule has 4 nitrogen and oxygen atoms in total. The van der Waals surface area contributed by atoms with Gasteiger partial charge >= 0.3 is 0 Å². The van der Waals surface area contributed by atoms with Crippen LogP contribution in [0.5, 0.6) is 5.75 Å². The maximum Gasteiger partial charge on any atom is 0.125 e. The lowest BCUT2D eigenvalue weighted by Gasteiger charge is -2.14. The van der Waals surface area contributed by atoms with Gasteiger partial charge in [0.05, 0.1) is 13.2 Å². The summed E-state index contributed by atoms with van der Waals surface area (Å²) in [5.41, 5.74) is 3.60. The van der Waals surface area contributed by atoms with Crippen molar-refractivity contribution in [3.05, 3.63) is 28.8 Å². The molecule has 0 fully saturated rings. The first kappa shape index (κ1) is 16.0. The summed E-state index contributed by atoms with van der Waals surface area (Å²) in [5, 5.41) is 3.34. The van der Waals surface area contributed by atoms with Gasteiger partial charge in [0.15, 0.2) is 0 Å². The summed E-state index contributed by atoms with van der Waals surface area (Å²) in [6, 6.07) is 4.32. The molecule has 4 heteroatoms. The number of rotatable bonds is 9. The summed E-state index contributed by atoms with van der Waals surface area (Å²) in [5.74, 6) is 0.970. The summed E-state index contributed by atoms with van der Waals surface area (Å²) in [7, 11) is 3.39. The number of aryl methyl sites for hydroxylation is 2. The molecule has 19 heavy (non-hydrogen) atoms. The molecule has 0 aliphatic carbocycles. The zero-order valence-corrected chi connectivity index (χ0v) is 12.4. The van der Waals surface area contributed by atoms with E-state index in [9.17, 15) is 0 Å². The molecule has 1 aromatic carbocycles. The van der Waals surface area contributed by atoms with Crippen LogP contribution in [0.4, 0.5) is 0 Å². The van der Waals surface area contributed by atoms with Crippen LogP contribution in [0.15, 0.2) is 12.1 Å². The molecule has 0 bridgehead atoms. The van der Waals surface area contributed by atoms with Crippen LogP contribution in [-0.2, 0) is 16.0 Å². The molecule has 0 aliphatic heterocycles. The van der Waals surface area contributed by atoms with Crippen LogP contribution in [0.1, 0.15) is 16.7 Å². The van der Waals surface area contributed by atoms with Crippen LogP contribution in [0.25, 0.3) is 0 Å². The largest absolute Gasteiger partial charge is 0.491 e. The normalized spacial score (nSPS) is 10.7. The number of nitrogens with one attached hydrogen (secondary N) is 1. The van der Waals surface area contributed by atoms with E-state index in [4.69, 9.17) is 14.2 Å². The Hall–Kier alpha value is -1.10. The van der Waals surface area contributed by atoms with Crippen LogP contribution in [0, 0.1) is 13.8 Å². The smallest absolute Gasteiger partial charge is 0.125 e. The Kier molecular flexibility index (Phi) is 7.48. The van der Waals surface area contributed by atoms with Gasteiger partial charge in [0, 0.05) is 27.3 Å². The summed E-state index contributed by atoms with van der Waals surface area (Å²) in [6.45, 7) is 7.80. The van der Waals surface area contributed by atoms with Crippen LogP contribution >= 0.6 is 0 Å². The second-order valence-electron chi connectivity index (χ2n) is 4.57. The van der Waals surface area contributed by atoms with E-state index in [0.29, 0.717) is 13.2 Å². The fourth-order valence-corrected chi connectivity index (χ4v) is 2.00. The summed E-state index contributed by atoms with van der Waals surface area (Å²) in [4.78, 5) is 0. The van der Waals surface area contributed by atoms with Crippen molar-refractivity contribution in [2.45, 2.75) is 20.4 Å². The van der Waals surface area contributed by atoms with Crippen molar-refractivity contribution in [1.82, 2.24) is 5.32 Å².